The van der Waals surface area contributed by atoms with Gasteiger partial charge in [-0.3, -0.25) is 0 Å². The zero-order valence-electron chi connectivity index (χ0n) is 13.6. The maximum atomic E-state index is 3.57. The van der Waals surface area contributed by atoms with Crippen LogP contribution in [0.5, 0.6) is 0 Å². The fourth-order valence-electron chi connectivity index (χ4n) is 2.95. The van der Waals surface area contributed by atoms with Gasteiger partial charge in [-0.1, -0.05) is 13.8 Å². The Morgan fingerprint density at radius 3 is 2.63 bits per heavy atom. The van der Waals surface area contributed by atoms with E-state index in [0.29, 0.717) is 0 Å². The minimum Gasteiger partial charge on any atom is -0.315 e. The van der Waals surface area contributed by atoms with Gasteiger partial charge in [-0.15, -0.1) is 0 Å². The standard InChI is InChI=1S/C16H35N3/c1-15(2)16-7-5-12-19(13-8-16)14-10-17-9-6-11-18(3)4/h15-17H,5-14H2,1-4H3. The zero-order valence-corrected chi connectivity index (χ0v) is 13.6. The SMILES string of the molecule is CC(C)C1CCCN(CCNCCCN(C)C)CC1. The summed E-state index contributed by atoms with van der Waals surface area (Å²) < 4.78 is 0. The molecule has 1 heterocycles. The first-order valence-electron chi connectivity index (χ1n) is 8.17. The molecular weight excluding hydrogens is 234 g/mol. The molecule has 1 N–H and O–H groups in total. The van der Waals surface area contributed by atoms with Crippen LogP contribution in [0.3, 0.4) is 0 Å². The van der Waals surface area contributed by atoms with Crippen molar-refractivity contribution in [2.75, 3.05) is 53.4 Å². The maximum absolute atomic E-state index is 3.57. The lowest BCUT2D eigenvalue weighted by atomic mass is 9.89. The van der Waals surface area contributed by atoms with Crippen molar-refractivity contribution in [3.05, 3.63) is 0 Å². The lowest BCUT2D eigenvalue weighted by Gasteiger charge is -2.21. The van der Waals surface area contributed by atoms with Crippen molar-refractivity contribution in [2.24, 2.45) is 11.8 Å². The van der Waals surface area contributed by atoms with Gasteiger partial charge in [0.25, 0.3) is 0 Å². The van der Waals surface area contributed by atoms with E-state index >= 15 is 0 Å². The molecule has 114 valence electrons. The summed E-state index contributed by atoms with van der Waals surface area (Å²) in [6, 6.07) is 0. The van der Waals surface area contributed by atoms with Gasteiger partial charge in [0.1, 0.15) is 0 Å². The third kappa shape index (κ3) is 7.91. The lowest BCUT2D eigenvalue weighted by molar-refractivity contribution is 0.271. The summed E-state index contributed by atoms with van der Waals surface area (Å²) in [7, 11) is 4.28. The Labute approximate surface area is 120 Å². The molecule has 0 aromatic carbocycles. The van der Waals surface area contributed by atoms with Crippen molar-refractivity contribution in [2.45, 2.75) is 39.5 Å². The van der Waals surface area contributed by atoms with Crippen LogP contribution in [-0.4, -0.2) is 63.2 Å². The highest BCUT2D eigenvalue weighted by Crippen LogP contribution is 2.24. The smallest absolute Gasteiger partial charge is 0.0107 e. The van der Waals surface area contributed by atoms with E-state index in [2.05, 4.69) is 43.1 Å². The first-order valence-corrected chi connectivity index (χ1v) is 8.17. The maximum Gasteiger partial charge on any atom is 0.0107 e. The van der Waals surface area contributed by atoms with Crippen LogP contribution in [-0.2, 0) is 0 Å². The monoisotopic (exact) mass is 269 g/mol. The van der Waals surface area contributed by atoms with Gasteiger partial charge in [-0.2, -0.15) is 0 Å². The number of nitrogens with zero attached hydrogens (tertiary/aromatic N) is 2. The zero-order chi connectivity index (χ0) is 14.1. The van der Waals surface area contributed by atoms with Crippen LogP contribution in [0.2, 0.25) is 0 Å². The fourth-order valence-corrected chi connectivity index (χ4v) is 2.95. The van der Waals surface area contributed by atoms with Crippen molar-refractivity contribution in [1.82, 2.24) is 15.1 Å². The number of hydrogen-bond donors (Lipinski definition) is 1. The van der Waals surface area contributed by atoms with Crippen molar-refractivity contribution < 1.29 is 0 Å². The van der Waals surface area contributed by atoms with E-state index in [9.17, 15) is 0 Å². The van der Waals surface area contributed by atoms with Gasteiger partial charge in [0.05, 0.1) is 0 Å². The number of rotatable bonds is 8. The second-order valence-corrected chi connectivity index (χ2v) is 6.68. The molecule has 0 radical (unpaired) electrons. The van der Waals surface area contributed by atoms with Gasteiger partial charge in [0.15, 0.2) is 0 Å². The van der Waals surface area contributed by atoms with Crippen LogP contribution in [0.1, 0.15) is 39.5 Å². The van der Waals surface area contributed by atoms with E-state index in [-0.39, 0.29) is 0 Å². The largest absolute Gasteiger partial charge is 0.315 e. The molecule has 0 bridgehead atoms. The Balaban J connectivity index is 2.03. The summed E-state index contributed by atoms with van der Waals surface area (Å²) in [5, 5.41) is 3.57. The normalized spacial score (nSPS) is 22.1. The van der Waals surface area contributed by atoms with E-state index in [1.54, 1.807) is 0 Å². The van der Waals surface area contributed by atoms with Crippen LogP contribution >= 0.6 is 0 Å². The Hall–Kier alpha value is -0.120. The predicted molar refractivity (Wildman–Crippen MR) is 84.7 cm³/mol. The third-order valence-electron chi connectivity index (χ3n) is 4.37. The number of nitrogens with one attached hydrogen (secondary N) is 1. The quantitative estimate of drug-likeness (QED) is 0.682. The molecule has 1 saturated heterocycles. The first kappa shape index (κ1) is 16.9. The highest BCUT2D eigenvalue weighted by molar-refractivity contribution is 4.72. The molecule has 3 nitrogen and oxygen atoms in total. The Morgan fingerprint density at radius 1 is 1.16 bits per heavy atom. The lowest BCUT2D eigenvalue weighted by Crippen LogP contribution is -2.34. The topological polar surface area (TPSA) is 18.5 Å². The molecule has 0 aromatic heterocycles. The van der Waals surface area contributed by atoms with Crippen LogP contribution in [0, 0.1) is 11.8 Å². The van der Waals surface area contributed by atoms with Crippen molar-refractivity contribution in [3.63, 3.8) is 0 Å². The molecule has 1 rings (SSSR count). The number of hydrogen-bond acceptors (Lipinski definition) is 3. The second kappa shape index (κ2) is 9.73. The predicted octanol–water partition coefficient (Wildman–Crippen LogP) is 2.29. The van der Waals surface area contributed by atoms with Gasteiger partial charge in [-0.05, 0) is 77.8 Å². The van der Waals surface area contributed by atoms with Crippen molar-refractivity contribution in [1.29, 1.82) is 0 Å². The summed E-state index contributed by atoms with van der Waals surface area (Å²) in [4.78, 5) is 4.91. The van der Waals surface area contributed by atoms with Gasteiger partial charge in [-0.25, -0.2) is 0 Å². The van der Waals surface area contributed by atoms with E-state index in [1.165, 1.54) is 51.9 Å². The average Bonchev–Trinajstić information content (AvgIpc) is 2.58. The second-order valence-electron chi connectivity index (χ2n) is 6.68. The summed E-state index contributed by atoms with van der Waals surface area (Å²) in [5.41, 5.74) is 0. The minimum atomic E-state index is 0.865. The third-order valence-corrected chi connectivity index (χ3v) is 4.37. The average molecular weight is 269 g/mol. The van der Waals surface area contributed by atoms with Crippen LogP contribution in [0.25, 0.3) is 0 Å². The van der Waals surface area contributed by atoms with Crippen molar-refractivity contribution in [3.8, 4) is 0 Å². The van der Waals surface area contributed by atoms with E-state index in [0.717, 1.165) is 24.9 Å². The fraction of sp³-hybridized carbons (Fsp3) is 1.00. The van der Waals surface area contributed by atoms with Crippen molar-refractivity contribution >= 4 is 0 Å². The molecular formula is C16H35N3. The highest BCUT2D eigenvalue weighted by atomic mass is 15.1. The number of likely N-dealkylation sites (tertiary alicyclic amines) is 1. The summed E-state index contributed by atoms with van der Waals surface area (Å²) in [6.45, 7) is 12.1. The summed E-state index contributed by atoms with van der Waals surface area (Å²) in [6.07, 6.45) is 5.48. The van der Waals surface area contributed by atoms with E-state index in [1.807, 2.05) is 0 Å². The van der Waals surface area contributed by atoms with Gasteiger partial charge in [0, 0.05) is 13.1 Å². The Kier molecular flexibility index (Phi) is 8.67. The van der Waals surface area contributed by atoms with E-state index < -0.39 is 0 Å². The molecule has 1 aliphatic rings. The molecule has 3 heteroatoms. The molecule has 1 aliphatic heterocycles. The summed E-state index contributed by atoms with van der Waals surface area (Å²) >= 11 is 0. The molecule has 0 aromatic rings. The summed E-state index contributed by atoms with van der Waals surface area (Å²) in [5.74, 6) is 1.82. The molecule has 19 heavy (non-hydrogen) atoms. The van der Waals surface area contributed by atoms with Crippen LogP contribution in [0.15, 0.2) is 0 Å². The molecule has 1 atom stereocenters. The molecule has 0 spiro atoms. The molecule has 1 fully saturated rings. The molecule has 0 aliphatic carbocycles. The molecule has 0 amide bonds. The van der Waals surface area contributed by atoms with E-state index in [4.69, 9.17) is 0 Å². The van der Waals surface area contributed by atoms with Gasteiger partial charge in [0.2, 0.25) is 0 Å². The first-order chi connectivity index (χ1) is 9.09. The highest BCUT2D eigenvalue weighted by Gasteiger charge is 2.18. The van der Waals surface area contributed by atoms with Crippen LogP contribution in [0.4, 0.5) is 0 Å². The molecule has 0 saturated carbocycles. The van der Waals surface area contributed by atoms with Gasteiger partial charge >= 0.3 is 0 Å². The Morgan fingerprint density at radius 2 is 1.95 bits per heavy atom. The van der Waals surface area contributed by atoms with Gasteiger partial charge < -0.3 is 15.1 Å². The molecule has 1 unspecified atom stereocenters. The van der Waals surface area contributed by atoms with Crippen LogP contribution < -0.4 is 5.32 Å². The Bertz CT molecular complexity index is 216. The minimum absolute atomic E-state index is 0.865.